The highest BCUT2D eigenvalue weighted by molar-refractivity contribution is 5.18. The van der Waals surface area contributed by atoms with Crippen molar-refractivity contribution in [2.75, 3.05) is 40.8 Å². The van der Waals surface area contributed by atoms with Gasteiger partial charge in [-0.25, -0.2) is 0 Å². The smallest absolute Gasteiger partial charge is 0.0329 e. The molecular formula is C17H29N3. The zero-order valence-electron chi connectivity index (χ0n) is 13.2. The van der Waals surface area contributed by atoms with Gasteiger partial charge in [0.1, 0.15) is 0 Å². The number of nitrogens with one attached hydrogen (secondary N) is 1. The molecule has 2 unspecified atom stereocenters. The lowest BCUT2D eigenvalue weighted by molar-refractivity contribution is 0.214. The van der Waals surface area contributed by atoms with Crippen LogP contribution in [-0.4, -0.2) is 56.6 Å². The van der Waals surface area contributed by atoms with Crippen molar-refractivity contribution in [3.05, 3.63) is 35.9 Å². The van der Waals surface area contributed by atoms with Crippen LogP contribution in [0.3, 0.4) is 0 Å². The summed E-state index contributed by atoms with van der Waals surface area (Å²) in [4.78, 5) is 4.99. The number of hydrogen-bond acceptors (Lipinski definition) is 3. The number of hydrogen-bond donors (Lipinski definition) is 1. The van der Waals surface area contributed by atoms with Crippen LogP contribution in [0.2, 0.25) is 0 Å². The molecule has 1 heterocycles. The zero-order chi connectivity index (χ0) is 14.4. The van der Waals surface area contributed by atoms with E-state index in [0.717, 1.165) is 19.0 Å². The Balaban J connectivity index is 1.78. The molecule has 0 amide bonds. The van der Waals surface area contributed by atoms with Crippen LogP contribution in [0.25, 0.3) is 0 Å². The van der Waals surface area contributed by atoms with E-state index in [1.807, 2.05) is 0 Å². The highest BCUT2D eigenvalue weighted by Crippen LogP contribution is 2.18. The molecule has 1 aromatic carbocycles. The highest BCUT2D eigenvalue weighted by atomic mass is 15.2. The largest absolute Gasteiger partial charge is 0.313 e. The van der Waals surface area contributed by atoms with Gasteiger partial charge in [0.2, 0.25) is 0 Å². The van der Waals surface area contributed by atoms with Crippen molar-refractivity contribution in [3.8, 4) is 0 Å². The van der Waals surface area contributed by atoms with E-state index in [0.29, 0.717) is 6.04 Å². The molecule has 3 nitrogen and oxygen atoms in total. The van der Waals surface area contributed by atoms with Crippen LogP contribution in [0.5, 0.6) is 0 Å². The first-order chi connectivity index (χ1) is 9.70. The summed E-state index contributed by atoms with van der Waals surface area (Å²) in [6.45, 7) is 3.61. The molecule has 1 N–H and O–H groups in total. The lowest BCUT2D eigenvalue weighted by Crippen LogP contribution is -2.37. The second-order valence-electron chi connectivity index (χ2n) is 6.08. The second kappa shape index (κ2) is 7.77. The number of nitrogens with zero attached hydrogens (tertiary/aromatic N) is 2. The van der Waals surface area contributed by atoms with Gasteiger partial charge in [0.15, 0.2) is 0 Å². The van der Waals surface area contributed by atoms with Gasteiger partial charge in [-0.1, -0.05) is 30.3 Å². The van der Waals surface area contributed by atoms with E-state index in [9.17, 15) is 0 Å². The van der Waals surface area contributed by atoms with Gasteiger partial charge < -0.3 is 15.1 Å². The van der Waals surface area contributed by atoms with Crippen LogP contribution >= 0.6 is 0 Å². The first-order valence-electron chi connectivity index (χ1n) is 7.81. The van der Waals surface area contributed by atoms with Crippen LogP contribution in [0.4, 0.5) is 0 Å². The summed E-state index contributed by atoms with van der Waals surface area (Å²) in [5, 5.41) is 3.44. The summed E-state index contributed by atoms with van der Waals surface area (Å²) in [7, 11) is 6.57. The maximum Gasteiger partial charge on any atom is 0.0329 e. The Hall–Kier alpha value is -0.900. The Bertz CT molecular complexity index is 379. The molecule has 0 aliphatic carbocycles. The molecule has 2 rings (SSSR count). The summed E-state index contributed by atoms with van der Waals surface area (Å²) in [6.07, 6.45) is 3.88. The van der Waals surface area contributed by atoms with Crippen LogP contribution in [-0.2, 0) is 0 Å². The molecule has 0 saturated carbocycles. The molecule has 0 spiro atoms. The number of benzene rings is 1. The van der Waals surface area contributed by atoms with E-state index in [4.69, 9.17) is 0 Å². The van der Waals surface area contributed by atoms with Crippen molar-refractivity contribution < 1.29 is 0 Å². The van der Waals surface area contributed by atoms with E-state index in [1.165, 1.54) is 31.5 Å². The summed E-state index contributed by atoms with van der Waals surface area (Å²) >= 11 is 0. The number of likely N-dealkylation sites (N-methyl/N-ethyl adjacent to an activating group) is 2. The van der Waals surface area contributed by atoms with E-state index in [1.54, 1.807) is 0 Å². The average Bonchev–Trinajstić information content (AvgIpc) is 2.86. The molecular weight excluding hydrogens is 246 g/mol. The first-order valence-corrected chi connectivity index (χ1v) is 7.81. The van der Waals surface area contributed by atoms with Crippen molar-refractivity contribution in [1.29, 1.82) is 0 Å². The van der Waals surface area contributed by atoms with Gasteiger partial charge in [-0.3, -0.25) is 0 Å². The van der Waals surface area contributed by atoms with Crippen molar-refractivity contribution in [2.24, 2.45) is 0 Å². The molecule has 112 valence electrons. The third kappa shape index (κ3) is 4.30. The minimum absolute atomic E-state index is 0.458. The molecule has 1 aliphatic heterocycles. The van der Waals surface area contributed by atoms with Crippen LogP contribution in [0.15, 0.2) is 30.3 Å². The molecule has 2 atom stereocenters. The van der Waals surface area contributed by atoms with Crippen molar-refractivity contribution in [1.82, 2.24) is 15.1 Å². The Morgan fingerprint density at radius 3 is 2.70 bits per heavy atom. The standard InChI is InChI=1S/C17H29N3/c1-18-17(15-8-5-4-6-9-15)11-13-19(2)14-16-10-7-12-20(16)3/h4-6,8-9,16-18H,7,10-14H2,1-3H3. The number of likely N-dealkylation sites (tertiary alicyclic amines) is 1. The fourth-order valence-corrected chi connectivity index (χ4v) is 3.17. The zero-order valence-corrected chi connectivity index (χ0v) is 13.2. The quantitative estimate of drug-likeness (QED) is 0.824. The van der Waals surface area contributed by atoms with E-state index < -0.39 is 0 Å². The fraction of sp³-hybridized carbons (Fsp3) is 0.647. The molecule has 0 bridgehead atoms. The molecule has 20 heavy (non-hydrogen) atoms. The van der Waals surface area contributed by atoms with Gasteiger partial charge in [-0.2, -0.15) is 0 Å². The van der Waals surface area contributed by atoms with Crippen molar-refractivity contribution >= 4 is 0 Å². The monoisotopic (exact) mass is 275 g/mol. The molecule has 1 aliphatic rings. The molecule has 0 radical (unpaired) electrons. The normalized spacial score (nSPS) is 21.5. The maximum absolute atomic E-state index is 3.44. The Labute approximate surface area is 124 Å². The Morgan fingerprint density at radius 2 is 2.10 bits per heavy atom. The first kappa shape index (κ1) is 15.5. The predicted molar refractivity (Wildman–Crippen MR) is 86.0 cm³/mol. The van der Waals surface area contributed by atoms with Crippen molar-refractivity contribution in [2.45, 2.75) is 31.3 Å². The van der Waals surface area contributed by atoms with Crippen LogP contribution in [0, 0.1) is 0 Å². The predicted octanol–water partition coefficient (Wildman–Crippen LogP) is 2.36. The fourth-order valence-electron chi connectivity index (χ4n) is 3.17. The molecule has 0 aromatic heterocycles. The van der Waals surface area contributed by atoms with Gasteiger partial charge in [-0.15, -0.1) is 0 Å². The lowest BCUT2D eigenvalue weighted by Gasteiger charge is -2.27. The van der Waals surface area contributed by atoms with Gasteiger partial charge in [0.25, 0.3) is 0 Å². The summed E-state index contributed by atoms with van der Waals surface area (Å²) < 4.78 is 0. The van der Waals surface area contributed by atoms with Gasteiger partial charge >= 0.3 is 0 Å². The van der Waals surface area contributed by atoms with E-state index in [-0.39, 0.29) is 0 Å². The Kier molecular flexibility index (Phi) is 6.02. The maximum atomic E-state index is 3.44. The summed E-state index contributed by atoms with van der Waals surface area (Å²) in [6, 6.07) is 12.0. The summed E-state index contributed by atoms with van der Waals surface area (Å²) in [5.41, 5.74) is 1.39. The Morgan fingerprint density at radius 1 is 1.35 bits per heavy atom. The van der Waals surface area contributed by atoms with E-state index in [2.05, 4.69) is 66.6 Å². The SMILES string of the molecule is CNC(CCN(C)CC1CCCN1C)c1ccccc1. The minimum Gasteiger partial charge on any atom is -0.313 e. The average molecular weight is 275 g/mol. The highest BCUT2D eigenvalue weighted by Gasteiger charge is 2.22. The minimum atomic E-state index is 0.458. The topological polar surface area (TPSA) is 18.5 Å². The molecule has 1 fully saturated rings. The van der Waals surface area contributed by atoms with Crippen LogP contribution in [0.1, 0.15) is 30.9 Å². The second-order valence-corrected chi connectivity index (χ2v) is 6.08. The lowest BCUT2D eigenvalue weighted by atomic mass is 10.0. The van der Waals surface area contributed by atoms with Gasteiger partial charge in [-0.05, 0) is 59.1 Å². The van der Waals surface area contributed by atoms with Gasteiger partial charge in [0.05, 0.1) is 0 Å². The van der Waals surface area contributed by atoms with E-state index >= 15 is 0 Å². The van der Waals surface area contributed by atoms with Gasteiger partial charge in [0, 0.05) is 18.6 Å². The molecule has 1 aromatic rings. The van der Waals surface area contributed by atoms with Crippen molar-refractivity contribution in [3.63, 3.8) is 0 Å². The third-order valence-electron chi connectivity index (χ3n) is 4.54. The molecule has 3 heteroatoms. The summed E-state index contributed by atoms with van der Waals surface area (Å²) in [5.74, 6) is 0. The third-order valence-corrected chi connectivity index (χ3v) is 4.54. The molecule has 1 saturated heterocycles. The van der Waals surface area contributed by atoms with Crippen LogP contribution < -0.4 is 5.32 Å². The number of rotatable bonds is 7.